The first-order valence-electron chi connectivity index (χ1n) is 9.60. The summed E-state index contributed by atoms with van der Waals surface area (Å²) in [6.45, 7) is 2.89. The minimum Gasteiger partial charge on any atom is -0.459 e. The first-order valence-corrected chi connectivity index (χ1v) is 9.60. The molecule has 28 heavy (non-hydrogen) atoms. The zero-order valence-electron chi connectivity index (χ0n) is 15.6. The highest BCUT2D eigenvalue weighted by Gasteiger charge is 2.27. The number of hydrogen-bond acceptors (Lipinski definition) is 3. The molecule has 0 bridgehead atoms. The quantitative estimate of drug-likeness (QED) is 0.676. The Bertz CT molecular complexity index is 931. The molecule has 0 unspecified atom stereocenters. The molecule has 5 heteroatoms. The molecule has 4 rings (SSSR count). The maximum atomic E-state index is 13.8. The van der Waals surface area contributed by atoms with E-state index in [0.717, 1.165) is 38.0 Å². The van der Waals surface area contributed by atoms with Crippen molar-refractivity contribution in [1.29, 1.82) is 0 Å². The van der Waals surface area contributed by atoms with Crippen molar-refractivity contribution in [3.05, 3.63) is 89.6 Å². The van der Waals surface area contributed by atoms with E-state index in [1.165, 1.54) is 17.7 Å². The summed E-state index contributed by atoms with van der Waals surface area (Å²) < 4.78 is 19.3. The highest BCUT2D eigenvalue weighted by molar-refractivity contribution is 6.03. The Kier molecular flexibility index (Phi) is 5.53. The number of benzene rings is 2. The van der Waals surface area contributed by atoms with Crippen LogP contribution in [0.25, 0.3) is 0 Å². The predicted molar refractivity (Wildman–Crippen MR) is 107 cm³/mol. The summed E-state index contributed by atoms with van der Waals surface area (Å²) in [4.78, 5) is 15.0. The lowest BCUT2D eigenvalue weighted by Gasteiger charge is -2.31. The molecule has 1 N–H and O–H groups in total. The van der Waals surface area contributed by atoms with E-state index in [9.17, 15) is 9.18 Å². The Hall–Kier alpha value is -2.92. The summed E-state index contributed by atoms with van der Waals surface area (Å²) >= 11 is 0. The molecule has 0 atom stereocenters. The molecule has 1 aliphatic rings. The SMILES string of the molecule is O=C(Nc1ccccc1F)c1occc1C1CCN(Cc2ccccc2)CC1. The maximum absolute atomic E-state index is 13.8. The number of carbonyl (C=O) groups excluding carboxylic acids is 1. The first kappa shape index (κ1) is 18.4. The van der Waals surface area contributed by atoms with Gasteiger partial charge in [0.15, 0.2) is 5.76 Å². The van der Waals surface area contributed by atoms with E-state index in [4.69, 9.17) is 4.42 Å². The van der Waals surface area contributed by atoms with Gasteiger partial charge < -0.3 is 9.73 Å². The summed E-state index contributed by atoms with van der Waals surface area (Å²) in [6, 6.07) is 18.5. The minimum atomic E-state index is -0.460. The van der Waals surface area contributed by atoms with E-state index in [2.05, 4.69) is 34.5 Å². The minimum absolute atomic E-state index is 0.160. The van der Waals surface area contributed by atoms with Crippen LogP contribution in [0.3, 0.4) is 0 Å². The van der Waals surface area contributed by atoms with Crippen molar-refractivity contribution in [2.75, 3.05) is 18.4 Å². The zero-order chi connectivity index (χ0) is 19.3. The molecule has 1 aromatic heterocycles. The Morgan fingerprint density at radius 1 is 1.04 bits per heavy atom. The van der Waals surface area contributed by atoms with E-state index in [-0.39, 0.29) is 17.4 Å². The number of hydrogen-bond donors (Lipinski definition) is 1. The number of furan rings is 1. The van der Waals surface area contributed by atoms with E-state index >= 15 is 0 Å². The summed E-state index contributed by atoms with van der Waals surface area (Å²) in [5.41, 5.74) is 2.38. The van der Waals surface area contributed by atoms with Gasteiger partial charge in [-0.05, 0) is 55.6 Å². The fourth-order valence-corrected chi connectivity index (χ4v) is 3.81. The third kappa shape index (κ3) is 4.15. The Labute approximate surface area is 164 Å². The van der Waals surface area contributed by atoms with Gasteiger partial charge in [-0.1, -0.05) is 42.5 Å². The van der Waals surface area contributed by atoms with Gasteiger partial charge in [0, 0.05) is 12.1 Å². The van der Waals surface area contributed by atoms with Crippen molar-refractivity contribution in [2.24, 2.45) is 0 Å². The van der Waals surface area contributed by atoms with Gasteiger partial charge in [0.2, 0.25) is 0 Å². The fraction of sp³-hybridized carbons (Fsp3) is 0.261. The third-order valence-electron chi connectivity index (χ3n) is 5.30. The smallest absolute Gasteiger partial charge is 0.291 e. The number of likely N-dealkylation sites (tertiary alicyclic amines) is 1. The van der Waals surface area contributed by atoms with Crippen LogP contribution >= 0.6 is 0 Å². The highest BCUT2D eigenvalue weighted by Crippen LogP contribution is 2.32. The average molecular weight is 378 g/mol. The van der Waals surface area contributed by atoms with Gasteiger partial charge >= 0.3 is 0 Å². The van der Waals surface area contributed by atoms with Crippen LogP contribution in [0.1, 0.15) is 40.4 Å². The molecule has 1 amide bonds. The van der Waals surface area contributed by atoms with Crippen molar-refractivity contribution < 1.29 is 13.6 Å². The largest absolute Gasteiger partial charge is 0.459 e. The van der Waals surface area contributed by atoms with E-state index < -0.39 is 11.7 Å². The second-order valence-corrected chi connectivity index (χ2v) is 7.18. The van der Waals surface area contributed by atoms with Crippen LogP contribution in [0.5, 0.6) is 0 Å². The molecule has 4 nitrogen and oxygen atoms in total. The number of carbonyl (C=O) groups is 1. The molecule has 0 radical (unpaired) electrons. The van der Waals surface area contributed by atoms with Crippen LogP contribution in [0.4, 0.5) is 10.1 Å². The van der Waals surface area contributed by atoms with Crippen LogP contribution in [-0.2, 0) is 6.54 Å². The molecular weight excluding hydrogens is 355 g/mol. The fourth-order valence-electron chi connectivity index (χ4n) is 3.81. The van der Waals surface area contributed by atoms with E-state index in [1.807, 2.05) is 12.1 Å². The molecule has 0 aliphatic carbocycles. The molecule has 1 saturated heterocycles. The van der Waals surface area contributed by atoms with Crippen LogP contribution in [0.2, 0.25) is 0 Å². The van der Waals surface area contributed by atoms with Gasteiger partial charge in [-0.3, -0.25) is 9.69 Å². The number of amides is 1. The van der Waals surface area contributed by atoms with Crippen LogP contribution < -0.4 is 5.32 Å². The molecule has 0 saturated carbocycles. The van der Waals surface area contributed by atoms with Crippen molar-refractivity contribution in [2.45, 2.75) is 25.3 Å². The van der Waals surface area contributed by atoms with Crippen LogP contribution in [-0.4, -0.2) is 23.9 Å². The number of piperidine rings is 1. The third-order valence-corrected chi connectivity index (χ3v) is 5.30. The molecular formula is C23H23FN2O2. The number of rotatable bonds is 5. The van der Waals surface area contributed by atoms with Crippen molar-refractivity contribution in [1.82, 2.24) is 4.90 Å². The number of nitrogens with zero attached hydrogens (tertiary/aromatic N) is 1. The molecule has 144 valence electrons. The number of halogens is 1. The van der Waals surface area contributed by atoms with Gasteiger partial charge in [-0.25, -0.2) is 4.39 Å². The van der Waals surface area contributed by atoms with Gasteiger partial charge in [0.25, 0.3) is 5.91 Å². The van der Waals surface area contributed by atoms with E-state index in [1.54, 1.807) is 18.4 Å². The van der Waals surface area contributed by atoms with Gasteiger partial charge in [-0.2, -0.15) is 0 Å². The normalized spacial score (nSPS) is 15.5. The molecule has 1 fully saturated rings. The highest BCUT2D eigenvalue weighted by atomic mass is 19.1. The lowest BCUT2D eigenvalue weighted by atomic mass is 9.89. The second-order valence-electron chi connectivity index (χ2n) is 7.18. The summed E-state index contributed by atoms with van der Waals surface area (Å²) in [7, 11) is 0. The van der Waals surface area contributed by atoms with Crippen molar-refractivity contribution in [3.63, 3.8) is 0 Å². The average Bonchev–Trinajstić information content (AvgIpc) is 3.21. The lowest BCUT2D eigenvalue weighted by molar-refractivity contribution is 0.0993. The second kappa shape index (κ2) is 8.40. The van der Waals surface area contributed by atoms with Crippen LogP contribution in [0, 0.1) is 5.82 Å². The Balaban J connectivity index is 1.39. The molecule has 2 aromatic carbocycles. The maximum Gasteiger partial charge on any atom is 0.291 e. The molecule has 1 aliphatic heterocycles. The van der Waals surface area contributed by atoms with Crippen LogP contribution in [0.15, 0.2) is 71.3 Å². The van der Waals surface area contributed by atoms with E-state index in [0.29, 0.717) is 0 Å². The van der Waals surface area contributed by atoms with Crippen molar-refractivity contribution >= 4 is 11.6 Å². The van der Waals surface area contributed by atoms with Gasteiger partial charge in [-0.15, -0.1) is 0 Å². The first-order chi connectivity index (χ1) is 13.7. The molecule has 0 spiro atoms. The zero-order valence-corrected chi connectivity index (χ0v) is 15.6. The Morgan fingerprint density at radius 2 is 1.75 bits per heavy atom. The number of para-hydroxylation sites is 1. The topological polar surface area (TPSA) is 45.5 Å². The molecule has 3 aromatic rings. The standard InChI is InChI=1S/C23H23FN2O2/c24-20-8-4-5-9-21(20)25-23(27)22-19(12-15-28-22)18-10-13-26(14-11-18)16-17-6-2-1-3-7-17/h1-9,12,15,18H,10-11,13-14,16H2,(H,25,27). The van der Waals surface area contributed by atoms with Crippen molar-refractivity contribution in [3.8, 4) is 0 Å². The van der Waals surface area contributed by atoms with Gasteiger partial charge in [0.05, 0.1) is 12.0 Å². The number of nitrogens with one attached hydrogen (secondary N) is 1. The lowest BCUT2D eigenvalue weighted by Crippen LogP contribution is -2.32. The Morgan fingerprint density at radius 3 is 2.50 bits per heavy atom. The summed E-state index contributed by atoms with van der Waals surface area (Å²) in [5, 5.41) is 2.62. The number of anilines is 1. The molecule has 2 heterocycles. The predicted octanol–water partition coefficient (Wildman–Crippen LogP) is 5.05. The summed E-state index contributed by atoms with van der Waals surface area (Å²) in [5.74, 6) is -0.313. The van der Waals surface area contributed by atoms with Gasteiger partial charge in [0.1, 0.15) is 5.82 Å². The monoisotopic (exact) mass is 378 g/mol. The summed E-state index contributed by atoms with van der Waals surface area (Å²) in [6.07, 6.45) is 3.47.